The van der Waals surface area contributed by atoms with Crippen molar-refractivity contribution in [3.8, 4) is 0 Å². The van der Waals surface area contributed by atoms with Crippen LogP contribution in [0.25, 0.3) is 0 Å². The summed E-state index contributed by atoms with van der Waals surface area (Å²) in [5.74, 6) is -3.31. The van der Waals surface area contributed by atoms with E-state index in [2.05, 4.69) is 5.32 Å². The zero-order valence-electron chi connectivity index (χ0n) is 9.66. The van der Waals surface area contributed by atoms with Crippen molar-refractivity contribution in [2.75, 3.05) is 26.2 Å². The summed E-state index contributed by atoms with van der Waals surface area (Å²) in [6.07, 6.45) is 1.21. The molecule has 0 aromatic heterocycles. The summed E-state index contributed by atoms with van der Waals surface area (Å²) in [7, 11) is 0. The number of carbonyl (C=O) groups excluding carboxylic acids is 1. The molecule has 1 amide bonds. The Kier molecular flexibility index (Phi) is 3.63. The Hall–Kier alpha value is -0.750. The van der Waals surface area contributed by atoms with Gasteiger partial charge in [0.15, 0.2) is 0 Å². The largest absolute Gasteiger partial charge is 0.394 e. The van der Waals surface area contributed by atoms with Gasteiger partial charge in [-0.2, -0.15) is 0 Å². The molecule has 2 unspecified atom stereocenters. The fourth-order valence-electron chi connectivity index (χ4n) is 2.62. The van der Waals surface area contributed by atoms with Crippen LogP contribution >= 0.6 is 0 Å². The lowest BCUT2D eigenvalue weighted by molar-refractivity contribution is -0.138. The van der Waals surface area contributed by atoms with Gasteiger partial charge in [-0.15, -0.1) is 0 Å². The summed E-state index contributed by atoms with van der Waals surface area (Å²) >= 11 is 0. The molecule has 0 spiro atoms. The predicted octanol–water partition coefficient (Wildman–Crippen LogP) is 0.214. The molecule has 0 bridgehead atoms. The molecule has 2 heterocycles. The first-order valence-electron chi connectivity index (χ1n) is 6.03. The number of aliphatic hydroxyl groups excluding tert-OH is 1. The van der Waals surface area contributed by atoms with E-state index in [-0.39, 0.29) is 18.4 Å². The van der Waals surface area contributed by atoms with Gasteiger partial charge in [0.1, 0.15) is 0 Å². The quantitative estimate of drug-likeness (QED) is 0.735. The number of nitrogens with one attached hydrogen (secondary N) is 1. The highest BCUT2D eigenvalue weighted by atomic mass is 19.3. The minimum Gasteiger partial charge on any atom is -0.394 e. The molecule has 2 aliphatic rings. The molecule has 17 heavy (non-hydrogen) atoms. The maximum atomic E-state index is 13.2. The van der Waals surface area contributed by atoms with E-state index in [0.29, 0.717) is 6.54 Å². The SMILES string of the molecule is O=C(C1CCCNC1)N1CC(F)(F)CC1CO. The molecule has 0 radical (unpaired) electrons. The smallest absolute Gasteiger partial charge is 0.267 e. The Morgan fingerprint density at radius 1 is 1.53 bits per heavy atom. The molecule has 98 valence electrons. The highest BCUT2D eigenvalue weighted by Gasteiger charge is 2.47. The number of amides is 1. The highest BCUT2D eigenvalue weighted by Crippen LogP contribution is 2.33. The molecule has 2 fully saturated rings. The number of piperidine rings is 1. The normalized spacial score (nSPS) is 32.8. The van der Waals surface area contributed by atoms with Gasteiger partial charge in [0, 0.05) is 13.0 Å². The van der Waals surface area contributed by atoms with Gasteiger partial charge in [-0.3, -0.25) is 4.79 Å². The first kappa shape index (κ1) is 12.7. The van der Waals surface area contributed by atoms with Gasteiger partial charge in [0.2, 0.25) is 5.91 Å². The van der Waals surface area contributed by atoms with E-state index in [1.807, 2.05) is 0 Å². The molecular weight excluding hydrogens is 230 g/mol. The minimum absolute atomic E-state index is 0.216. The molecule has 0 aliphatic carbocycles. The van der Waals surface area contributed by atoms with Crippen LogP contribution in [0.2, 0.25) is 0 Å². The van der Waals surface area contributed by atoms with E-state index in [9.17, 15) is 13.6 Å². The Morgan fingerprint density at radius 3 is 2.88 bits per heavy atom. The summed E-state index contributed by atoms with van der Waals surface area (Å²) in [5, 5.41) is 12.2. The first-order valence-corrected chi connectivity index (χ1v) is 6.03. The summed E-state index contributed by atoms with van der Waals surface area (Å²) < 4.78 is 26.5. The second-order valence-electron chi connectivity index (χ2n) is 4.91. The van der Waals surface area contributed by atoms with Crippen molar-refractivity contribution >= 4 is 5.91 Å². The van der Waals surface area contributed by atoms with E-state index < -0.39 is 24.9 Å². The molecule has 0 saturated carbocycles. The summed E-state index contributed by atoms with van der Waals surface area (Å²) in [6.45, 7) is 0.497. The van der Waals surface area contributed by atoms with Gasteiger partial charge in [0.25, 0.3) is 5.92 Å². The fraction of sp³-hybridized carbons (Fsp3) is 0.909. The third-order valence-electron chi connectivity index (χ3n) is 3.52. The lowest BCUT2D eigenvalue weighted by Crippen LogP contribution is -2.46. The zero-order valence-corrected chi connectivity index (χ0v) is 9.66. The standard InChI is InChI=1S/C11H18F2N2O2/c12-11(13)4-9(6-16)15(7-11)10(17)8-2-1-3-14-5-8/h8-9,14,16H,1-7H2. The molecule has 2 atom stereocenters. The predicted molar refractivity (Wildman–Crippen MR) is 57.7 cm³/mol. The lowest BCUT2D eigenvalue weighted by Gasteiger charge is -2.29. The number of hydrogen-bond acceptors (Lipinski definition) is 3. The number of likely N-dealkylation sites (tertiary alicyclic amines) is 1. The van der Waals surface area contributed by atoms with E-state index in [0.717, 1.165) is 24.3 Å². The van der Waals surface area contributed by atoms with Crippen molar-refractivity contribution in [3.05, 3.63) is 0 Å². The third-order valence-corrected chi connectivity index (χ3v) is 3.52. The van der Waals surface area contributed by atoms with Crippen LogP contribution in [-0.4, -0.2) is 54.1 Å². The number of nitrogens with zero attached hydrogens (tertiary/aromatic N) is 1. The van der Waals surface area contributed by atoms with Gasteiger partial charge in [-0.1, -0.05) is 0 Å². The van der Waals surface area contributed by atoms with Crippen molar-refractivity contribution in [1.29, 1.82) is 0 Å². The topological polar surface area (TPSA) is 52.6 Å². The van der Waals surface area contributed by atoms with Crippen molar-refractivity contribution in [2.45, 2.75) is 31.2 Å². The molecule has 2 N–H and O–H groups in total. The minimum atomic E-state index is -2.86. The number of carbonyl (C=O) groups is 1. The summed E-state index contributed by atoms with van der Waals surface area (Å²) in [6, 6.07) is -0.723. The van der Waals surface area contributed by atoms with Gasteiger partial charge in [-0.25, -0.2) is 8.78 Å². The summed E-state index contributed by atoms with van der Waals surface area (Å²) in [4.78, 5) is 13.3. The Bertz CT molecular complexity index is 293. The third kappa shape index (κ3) is 2.74. The molecule has 2 saturated heterocycles. The van der Waals surface area contributed by atoms with Crippen LogP contribution < -0.4 is 5.32 Å². The molecule has 2 aliphatic heterocycles. The average Bonchev–Trinajstić information content (AvgIpc) is 2.65. The fourth-order valence-corrected chi connectivity index (χ4v) is 2.62. The lowest BCUT2D eigenvalue weighted by atomic mass is 9.98. The Morgan fingerprint density at radius 2 is 2.29 bits per heavy atom. The number of hydrogen-bond donors (Lipinski definition) is 2. The molecule has 6 heteroatoms. The van der Waals surface area contributed by atoms with Crippen LogP contribution in [0.3, 0.4) is 0 Å². The Balaban J connectivity index is 2.02. The van der Waals surface area contributed by atoms with E-state index in [1.165, 1.54) is 0 Å². The van der Waals surface area contributed by atoms with Crippen LogP contribution in [0.4, 0.5) is 8.78 Å². The zero-order chi connectivity index (χ0) is 12.5. The van der Waals surface area contributed by atoms with Gasteiger partial charge in [-0.05, 0) is 19.4 Å². The van der Waals surface area contributed by atoms with Crippen molar-refractivity contribution in [2.24, 2.45) is 5.92 Å². The molecular formula is C11H18F2N2O2. The number of aliphatic hydroxyl groups is 1. The van der Waals surface area contributed by atoms with Crippen LogP contribution in [0.1, 0.15) is 19.3 Å². The van der Waals surface area contributed by atoms with Crippen molar-refractivity contribution in [1.82, 2.24) is 10.2 Å². The number of halogens is 2. The summed E-state index contributed by atoms with van der Waals surface area (Å²) in [5.41, 5.74) is 0. The van der Waals surface area contributed by atoms with Gasteiger partial charge < -0.3 is 15.3 Å². The molecule has 4 nitrogen and oxygen atoms in total. The average molecular weight is 248 g/mol. The number of rotatable bonds is 2. The second-order valence-corrected chi connectivity index (χ2v) is 4.91. The highest BCUT2D eigenvalue weighted by molar-refractivity contribution is 5.80. The molecule has 0 aromatic carbocycles. The second kappa shape index (κ2) is 4.86. The first-order chi connectivity index (χ1) is 8.03. The maximum Gasteiger partial charge on any atom is 0.267 e. The van der Waals surface area contributed by atoms with Crippen molar-refractivity contribution < 1.29 is 18.7 Å². The molecule has 2 rings (SSSR count). The van der Waals surface area contributed by atoms with E-state index in [4.69, 9.17) is 5.11 Å². The van der Waals surface area contributed by atoms with Gasteiger partial charge >= 0.3 is 0 Å². The van der Waals surface area contributed by atoms with Crippen LogP contribution in [-0.2, 0) is 4.79 Å². The maximum absolute atomic E-state index is 13.2. The van der Waals surface area contributed by atoms with Crippen molar-refractivity contribution in [3.63, 3.8) is 0 Å². The van der Waals surface area contributed by atoms with Crippen LogP contribution in [0.15, 0.2) is 0 Å². The monoisotopic (exact) mass is 248 g/mol. The van der Waals surface area contributed by atoms with Crippen LogP contribution in [0.5, 0.6) is 0 Å². The van der Waals surface area contributed by atoms with Crippen LogP contribution in [0, 0.1) is 5.92 Å². The Labute approximate surface area is 99.0 Å². The molecule has 0 aromatic rings. The number of alkyl halides is 2. The van der Waals surface area contributed by atoms with E-state index in [1.54, 1.807) is 0 Å². The van der Waals surface area contributed by atoms with Gasteiger partial charge in [0.05, 0.1) is 25.1 Å². The van der Waals surface area contributed by atoms with E-state index >= 15 is 0 Å².